The van der Waals surface area contributed by atoms with Crippen LogP contribution in [0.1, 0.15) is 36.4 Å². The topological polar surface area (TPSA) is 32.3 Å². The number of carbonyl (C=O) groups excluding carboxylic acids is 1. The van der Waals surface area contributed by atoms with Crippen molar-refractivity contribution >= 4 is 17.2 Å². The average molecular weight is 280 g/mol. The van der Waals surface area contributed by atoms with Gasteiger partial charge in [-0.15, -0.1) is 11.3 Å². The van der Waals surface area contributed by atoms with Crippen molar-refractivity contribution in [2.45, 2.75) is 46.2 Å². The van der Waals surface area contributed by atoms with Gasteiger partial charge in [-0.05, 0) is 58.2 Å². The predicted octanol–water partition coefficient (Wildman–Crippen LogP) is 2.79. The number of thiophene rings is 1. The summed E-state index contributed by atoms with van der Waals surface area (Å²) in [6.45, 7) is 8.47. The molecule has 0 radical (unpaired) electrons. The second-order valence-corrected chi connectivity index (χ2v) is 7.07. The molecule has 0 unspecified atom stereocenters. The molecule has 1 aliphatic rings. The molecule has 1 aliphatic carbocycles. The highest BCUT2D eigenvalue weighted by atomic mass is 32.1. The zero-order valence-electron chi connectivity index (χ0n) is 12.1. The molecule has 0 saturated heterocycles. The van der Waals surface area contributed by atoms with Gasteiger partial charge >= 0.3 is 0 Å². The highest BCUT2D eigenvalue weighted by Gasteiger charge is 2.22. The van der Waals surface area contributed by atoms with Crippen LogP contribution >= 0.6 is 11.3 Å². The number of aryl methyl sites for hydroxylation is 1. The van der Waals surface area contributed by atoms with E-state index in [-0.39, 0.29) is 11.9 Å². The Morgan fingerprint density at radius 1 is 1.47 bits per heavy atom. The standard InChI is InChI=1S/C15H24N2OS/c1-11(2)17(10-14-7-4-12(3)19-14)15(18)9-16-8-13-5-6-13/h4,7,11,13,16H,5-6,8-10H2,1-3H3. The van der Waals surface area contributed by atoms with Crippen LogP contribution in [0.3, 0.4) is 0 Å². The van der Waals surface area contributed by atoms with Gasteiger partial charge in [-0.2, -0.15) is 0 Å². The minimum Gasteiger partial charge on any atom is -0.334 e. The molecule has 1 heterocycles. The van der Waals surface area contributed by atoms with Crippen molar-refractivity contribution in [3.63, 3.8) is 0 Å². The van der Waals surface area contributed by atoms with Gasteiger partial charge in [-0.3, -0.25) is 4.79 Å². The van der Waals surface area contributed by atoms with Gasteiger partial charge in [-0.1, -0.05) is 0 Å². The number of nitrogens with one attached hydrogen (secondary N) is 1. The van der Waals surface area contributed by atoms with E-state index in [0.717, 1.165) is 19.0 Å². The van der Waals surface area contributed by atoms with Gasteiger partial charge in [-0.25, -0.2) is 0 Å². The van der Waals surface area contributed by atoms with E-state index in [0.29, 0.717) is 6.54 Å². The summed E-state index contributed by atoms with van der Waals surface area (Å²) in [5.41, 5.74) is 0. The van der Waals surface area contributed by atoms with E-state index in [4.69, 9.17) is 0 Å². The lowest BCUT2D eigenvalue weighted by atomic mass is 10.3. The summed E-state index contributed by atoms with van der Waals surface area (Å²) in [7, 11) is 0. The van der Waals surface area contributed by atoms with Gasteiger partial charge in [0.2, 0.25) is 5.91 Å². The summed E-state index contributed by atoms with van der Waals surface area (Å²) in [6.07, 6.45) is 2.65. The molecular weight excluding hydrogens is 256 g/mol. The van der Waals surface area contributed by atoms with E-state index >= 15 is 0 Å². The molecule has 4 heteroatoms. The molecule has 1 fully saturated rings. The largest absolute Gasteiger partial charge is 0.334 e. The molecule has 0 spiro atoms. The molecule has 106 valence electrons. The van der Waals surface area contributed by atoms with E-state index in [1.807, 2.05) is 4.90 Å². The Kier molecular flexibility index (Phi) is 4.99. The number of hydrogen-bond donors (Lipinski definition) is 1. The molecule has 0 bridgehead atoms. The Hall–Kier alpha value is -0.870. The first-order valence-corrected chi connectivity index (χ1v) is 7.93. The van der Waals surface area contributed by atoms with Gasteiger partial charge in [0.25, 0.3) is 0 Å². The number of carbonyl (C=O) groups is 1. The maximum atomic E-state index is 12.3. The molecule has 1 aromatic rings. The van der Waals surface area contributed by atoms with Crippen LogP contribution in [0.25, 0.3) is 0 Å². The van der Waals surface area contributed by atoms with E-state index in [2.05, 4.69) is 38.2 Å². The molecule has 3 nitrogen and oxygen atoms in total. The van der Waals surface area contributed by atoms with E-state index in [1.165, 1.54) is 22.6 Å². The van der Waals surface area contributed by atoms with Crippen LogP contribution in [0.5, 0.6) is 0 Å². The summed E-state index contributed by atoms with van der Waals surface area (Å²) in [6, 6.07) is 4.49. The van der Waals surface area contributed by atoms with Crippen molar-refractivity contribution in [1.82, 2.24) is 10.2 Å². The normalized spacial score (nSPS) is 14.9. The summed E-state index contributed by atoms with van der Waals surface area (Å²) in [5, 5.41) is 3.29. The Morgan fingerprint density at radius 2 is 2.21 bits per heavy atom. The third-order valence-electron chi connectivity index (χ3n) is 3.47. The van der Waals surface area contributed by atoms with Crippen molar-refractivity contribution in [3.05, 3.63) is 21.9 Å². The second-order valence-electron chi connectivity index (χ2n) is 5.70. The van der Waals surface area contributed by atoms with Crippen LogP contribution in [0.2, 0.25) is 0 Å². The first kappa shape index (κ1) is 14.5. The molecule has 1 amide bonds. The van der Waals surface area contributed by atoms with Crippen LogP contribution in [0, 0.1) is 12.8 Å². The van der Waals surface area contributed by atoms with Gasteiger partial charge in [0, 0.05) is 15.8 Å². The predicted molar refractivity (Wildman–Crippen MR) is 80.3 cm³/mol. The van der Waals surface area contributed by atoms with Gasteiger partial charge in [0.1, 0.15) is 0 Å². The SMILES string of the molecule is Cc1ccc(CN(C(=O)CNCC2CC2)C(C)C)s1. The van der Waals surface area contributed by atoms with Crippen LogP contribution < -0.4 is 5.32 Å². The minimum absolute atomic E-state index is 0.210. The average Bonchev–Trinajstić information content (AvgIpc) is 3.07. The first-order valence-electron chi connectivity index (χ1n) is 7.11. The molecule has 1 N–H and O–H groups in total. The smallest absolute Gasteiger partial charge is 0.237 e. The maximum absolute atomic E-state index is 12.3. The first-order chi connectivity index (χ1) is 9.06. The van der Waals surface area contributed by atoms with Crippen molar-refractivity contribution in [1.29, 1.82) is 0 Å². The summed E-state index contributed by atoms with van der Waals surface area (Å²) >= 11 is 1.78. The monoisotopic (exact) mass is 280 g/mol. The van der Waals surface area contributed by atoms with Crippen molar-refractivity contribution in [3.8, 4) is 0 Å². The van der Waals surface area contributed by atoms with E-state index in [1.54, 1.807) is 11.3 Å². The van der Waals surface area contributed by atoms with Crippen LogP contribution in [-0.4, -0.2) is 29.9 Å². The third-order valence-corrected chi connectivity index (χ3v) is 4.46. The Balaban J connectivity index is 1.84. The van der Waals surface area contributed by atoms with Crippen molar-refractivity contribution in [2.24, 2.45) is 5.92 Å². The molecule has 0 aliphatic heterocycles. The number of amides is 1. The molecule has 1 aromatic heterocycles. The van der Waals surface area contributed by atoms with Gasteiger partial charge in [0.15, 0.2) is 0 Å². The molecule has 1 saturated carbocycles. The lowest BCUT2D eigenvalue weighted by Gasteiger charge is -2.26. The lowest BCUT2D eigenvalue weighted by Crippen LogP contribution is -2.42. The van der Waals surface area contributed by atoms with Crippen molar-refractivity contribution in [2.75, 3.05) is 13.1 Å². The lowest BCUT2D eigenvalue weighted by molar-refractivity contribution is -0.132. The second kappa shape index (κ2) is 6.53. The zero-order valence-corrected chi connectivity index (χ0v) is 12.9. The van der Waals surface area contributed by atoms with Crippen LogP contribution in [0.15, 0.2) is 12.1 Å². The minimum atomic E-state index is 0.210. The Bertz CT molecular complexity index is 424. The number of rotatable bonds is 7. The number of hydrogen-bond acceptors (Lipinski definition) is 3. The molecule has 0 atom stereocenters. The molecule has 19 heavy (non-hydrogen) atoms. The number of nitrogens with zero attached hydrogens (tertiary/aromatic N) is 1. The highest BCUT2D eigenvalue weighted by Crippen LogP contribution is 2.27. The summed E-state index contributed by atoms with van der Waals surface area (Å²) in [5.74, 6) is 1.03. The van der Waals surface area contributed by atoms with Crippen LogP contribution in [-0.2, 0) is 11.3 Å². The highest BCUT2D eigenvalue weighted by molar-refractivity contribution is 7.11. The quantitative estimate of drug-likeness (QED) is 0.833. The van der Waals surface area contributed by atoms with E-state index in [9.17, 15) is 4.79 Å². The fourth-order valence-corrected chi connectivity index (χ4v) is 2.99. The third kappa shape index (κ3) is 4.62. The fourth-order valence-electron chi connectivity index (χ4n) is 2.10. The molecule has 0 aromatic carbocycles. The Morgan fingerprint density at radius 3 is 2.74 bits per heavy atom. The fraction of sp³-hybridized carbons (Fsp3) is 0.667. The van der Waals surface area contributed by atoms with Gasteiger partial charge < -0.3 is 10.2 Å². The maximum Gasteiger partial charge on any atom is 0.237 e. The van der Waals surface area contributed by atoms with E-state index < -0.39 is 0 Å². The summed E-state index contributed by atoms with van der Waals surface area (Å²) < 4.78 is 0. The zero-order chi connectivity index (χ0) is 13.8. The van der Waals surface area contributed by atoms with Gasteiger partial charge in [0.05, 0.1) is 13.1 Å². The Labute approximate surface area is 120 Å². The van der Waals surface area contributed by atoms with Crippen molar-refractivity contribution < 1.29 is 4.79 Å². The molecular formula is C15H24N2OS. The van der Waals surface area contributed by atoms with Crippen LogP contribution in [0.4, 0.5) is 0 Å². The molecule has 2 rings (SSSR count). The summed E-state index contributed by atoms with van der Waals surface area (Å²) in [4.78, 5) is 16.8.